The molecule has 5 heteroatoms. The van der Waals surface area contributed by atoms with Crippen LogP contribution in [-0.4, -0.2) is 31.8 Å². The zero-order valence-electron chi connectivity index (χ0n) is 9.85. The van der Waals surface area contributed by atoms with Gasteiger partial charge in [0.15, 0.2) is 0 Å². The van der Waals surface area contributed by atoms with Gasteiger partial charge in [0.1, 0.15) is 12.4 Å². The number of aldehydes is 1. The minimum absolute atomic E-state index is 0.0283. The third-order valence-electron chi connectivity index (χ3n) is 2.93. The molecule has 92 valence electrons. The monoisotopic (exact) mass is 243 g/mol. The molecule has 0 atom stereocenters. The Bertz CT molecular complexity index is 519. The molecule has 2 rings (SSSR count). The summed E-state index contributed by atoms with van der Waals surface area (Å²) in [5, 5.41) is 11.9. The molecule has 1 aliphatic heterocycles. The summed E-state index contributed by atoms with van der Waals surface area (Å²) in [5.74, 6) is 0.0283. The zero-order valence-corrected chi connectivity index (χ0v) is 9.85. The van der Waals surface area contributed by atoms with Gasteiger partial charge in [-0.3, -0.25) is 9.59 Å². The van der Waals surface area contributed by atoms with Crippen molar-refractivity contribution < 1.29 is 9.59 Å². The SMILES string of the molecule is N#Cc1cc(C=O)ccc1N1CCNC(=O)CC1. The molecule has 0 saturated carbocycles. The van der Waals surface area contributed by atoms with Crippen molar-refractivity contribution >= 4 is 17.9 Å². The first-order chi connectivity index (χ1) is 8.74. The molecular weight excluding hydrogens is 230 g/mol. The lowest BCUT2D eigenvalue weighted by Gasteiger charge is -2.23. The maximum absolute atomic E-state index is 11.3. The lowest BCUT2D eigenvalue weighted by Crippen LogP contribution is -2.28. The van der Waals surface area contributed by atoms with Gasteiger partial charge in [-0.2, -0.15) is 5.26 Å². The van der Waals surface area contributed by atoms with E-state index >= 15 is 0 Å². The summed E-state index contributed by atoms with van der Waals surface area (Å²) in [6.07, 6.45) is 1.14. The van der Waals surface area contributed by atoms with Crippen LogP contribution in [0.3, 0.4) is 0 Å². The predicted molar refractivity (Wildman–Crippen MR) is 66.4 cm³/mol. The molecule has 0 bridgehead atoms. The van der Waals surface area contributed by atoms with Gasteiger partial charge in [0.2, 0.25) is 5.91 Å². The van der Waals surface area contributed by atoms with Crippen LogP contribution in [0.1, 0.15) is 22.3 Å². The summed E-state index contributed by atoms with van der Waals surface area (Å²) in [6, 6.07) is 7.11. The van der Waals surface area contributed by atoms with E-state index in [0.717, 1.165) is 12.0 Å². The number of anilines is 1. The predicted octanol–water partition coefficient (Wildman–Crippen LogP) is 0.697. The van der Waals surface area contributed by atoms with Crippen LogP contribution in [0.25, 0.3) is 0 Å². The van der Waals surface area contributed by atoms with E-state index in [1.807, 2.05) is 4.90 Å². The summed E-state index contributed by atoms with van der Waals surface area (Å²) in [6.45, 7) is 1.82. The van der Waals surface area contributed by atoms with E-state index in [9.17, 15) is 9.59 Å². The molecule has 0 aliphatic carbocycles. The second-order valence-corrected chi connectivity index (χ2v) is 4.09. The topological polar surface area (TPSA) is 73.2 Å². The van der Waals surface area contributed by atoms with Crippen molar-refractivity contribution in [2.75, 3.05) is 24.5 Å². The van der Waals surface area contributed by atoms with Crippen molar-refractivity contribution in [1.82, 2.24) is 5.32 Å². The summed E-state index contributed by atoms with van der Waals surface area (Å²) < 4.78 is 0. The van der Waals surface area contributed by atoms with Crippen molar-refractivity contribution in [3.63, 3.8) is 0 Å². The number of amides is 1. The van der Waals surface area contributed by atoms with Crippen molar-refractivity contribution in [3.8, 4) is 6.07 Å². The van der Waals surface area contributed by atoms with Gasteiger partial charge < -0.3 is 10.2 Å². The second kappa shape index (κ2) is 5.32. The highest BCUT2D eigenvalue weighted by Gasteiger charge is 2.16. The van der Waals surface area contributed by atoms with Gasteiger partial charge in [0.25, 0.3) is 0 Å². The molecule has 1 aliphatic rings. The Labute approximate surface area is 105 Å². The number of nitriles is 1. The highest BCUT2D eigenvalue weighted by Crippen LogP contribution is 2.21. The first-order valence-electron chi connectivity index (χ1n) is 5.75. The van der Waals surface area contributed by atoms with Crippen LogP contribution in [0.5, 0.6) is 0 Å². The molecule has 0 spiro atoms. The van der Waals surface area contributed by atoms with Crippen LogP contribution in [0.15, 0.2) is 18.2 Å². The van der Waals surface area contributed by atoms with Gasteiger partial charge in [-0.15, -0.1) is 0 Å². The molecule has 1 aromatic carbocycles. The van der Waals surface area contributed by atoms with Gasteiger partial charge in [-0.25, -0.2) is 0 Å². The fraction of sp³-hybridized carbons (Fsp3) is 0.308. The maximum atomic E-state index is 11.3. The molecule has 1 heterocycles. The highest BCUT2D eigenvalue weighted by atomic mass is 16.1. The van der Waals surface area contributed by atoms with Crippen LogP contribution in [0, 0.1) is 11.3 Å². The molecule has 5 nitrogen and oxygen atoms in total. The molecule has 0 unspecified atom stereocenters. The van der Waals surface area contributed by atoms with E-state index in [4.69, 9.17) is 5.26 Å². The van der Waals surface area contributed by atoms with Gasteiger partial charge in [0, 0.05) is 31.6 Å². The lowest BCUT2D eigenvalue weighted by atomic mass is 10.1. The van der Waals surface area contributed by atoms with Gasteiger partial charge in [0.05, 0.1) is 11.3 Å². The van der Waals surface area contributed by atoms with Gasteiger partial charge in [-0.05, 0) is 18.2 Å². The quantitative estimate of drug-likeness (QED) is 0.776. The van der Waals surface area contributed by atoms with E-state index in [1.54, 1.807) is 18.2 Å². The summed E-state index contributed by atoms with van der Waals surface area (Å²) >= 11 is 0. The van der Waals surface area contributed by atoms with E-state index < -0.39 is 0 Å². The number of carbonyl (C=O) groups is 2. The molecule has 1 amide bonds. The fourth-order valence-corrected chi connectivity index (χ4v) is 2.00. The van der Waals surface area contributed by atoms with E-state index in [0.29, 0.717) is 37.2 Å². The normalized spacial score (nSPS) is 15.5. The van der Waals surface area contributed by atoms with Crippen LogP contribution < -0.4 is 10.2 Å². The number of nitrogens with zero attached hydrogens (tertiary/aromatic N) is 2. The van der Waals surface area contributed by atoms with Crippen molar-refractivity contribution in [2.24, 2.45) is 0 Å². The summed E-state index contributed by atoms with van der Waals surface area (Å²) in [4.78, 5) is 23.9. The number of hydrogen-bond acceptors (Lipinski definition) is 4. The fourth-order valence-electron chi connectivity index (χ4n) is 2.00. The average Bonchev–Trinajstić information content (AvgIpc) is 2.62. The molecule has 0 aromatic heterocycles. The van der Waals surface area contributed by atoms with E-state index in [2.05, 4.69) is 11.4 Å². The first-order valence-corrected chi connectivity index (χ1v) is 5.75. The number of nitrogens with one attached hydrogen (secondary N) is 1. The van der Waals surface area contributed by atoms with Crippen LogP contribution >= 0.6 is 0 Å². The van der Waals surface area contributed by atoms with Gasteiger partial charge >= 0.3 is 0 Å². The standard InChI is InChI=1S/C13H13N3O2/c14-8-11-7-10(9-17)1-2-12(11)16-5-3-13(18)15-4-6-16/h1-2,7,9H,3-6H2,(H,15,18). The number of rotatable bonds is 2. The second-order valence-electron chi connectivity index (χ2n) is 4.09. The summed E-state index contributed by atoms with van der Waals surface area (Å²) in [7, 11) is 0. The molecule has 1 N–H and O–H groups in total. The lowest BCUT2D eigenvalue weighted by molar-refractivity contribution is -0.120. The van der Waals surface area contributed by atoms with Crippen molar-refractivity contribution in [1.29, 1.82) is 5.26 Å². The van der Waals surface area contributed by atoms with Crippen LogP contribution in [0.4, 0.5) is 5.69 Å². The third-order valence-corrected chi connectivity index (χ3v) is 2.93. The Balaban J connectivity index is 2.29. The Morgan fingerprint density at radius 1 is 1.39 bits per heavy atom. The molecule has 1 fully saturated rings. The molecule has 1 saturated heterocycles. The van der Waals surface area contributed by atoms with Crippen LogP contribution in [-0.2, 0) is 4.79 Å². The van der Waals surface area contributed by atoms with Crippen molar-refractivity contribution in [2.45, 2.75) is 6.42 Å². The minimum Gasteiger partial charge on any atom is -0.368 e. The average molecular weight is 243 g/mol. The van der Waals surface area contributed by atoms with Gasteiger partial charge in [-0.1, -0.05) is 0 Å². The Hall–Kier alpha value is -2.35. The number of hydrogen-bond donors (Lipinski definition) is 1. The molecule has 0 radical (unpaired) electrons. The van der Waals surface area contributed by atoms with E-state index in [1.165, 1.54) is 0 Å². The Morgan fingerprint density at radius 3 is 2.94 bits per heavy atom. The Morgan fingerprint density at radius 2 is 2.22 bits per heavy atom. The third kappa shape index (κ3) is 2.48. The minimum atomic E-state index is 0.0283. The first kappa shape index (κ1) is 12.1. The Kier molecular flexibility index (Phi) is 3.58. The maximum Gasteiger partial charge on any atom is 0.221 e. The smallest absolute Gasteiger partial charge is 0.221 e. The van der Waals surface area contributed by atoms with E-state index in [-0.39, 0.29) is 5.91 Å². The zero-order chi connectivity index (χ0) is 13.0. The molecule has 18 heavy (non-hydrogen) atoms. The number of benzene rings is 1. The molecular formula is C13H13N3O2. The largest absolute Gasteiger partial charge is 0.368 e. The number of carbonyl (C=O) groups excluding carboxylic acids is 2. The summed E-state index contributed by atoms with van der Waals surface area (Å²) in [5.41, 5.74) is 1.73. The van der Waals surface area contributed by atoms with Crippen LogP contribution in [0.2, 0.25) is 0 Å². The highest BCUT2D eigenvalue weighted by molar-refractivity contribution is 5.79. The molecule has 1 aromatic rings. The van der Waals surface area contributed by atoms with Crippen molar-refractivity contribution in [3.05, 3.63) is 29.3 Å².